The van der Waals surface area contributed by atoms with Crippen LogP contribution in [0.3, 0.4) is 0 Å². The van der Waals surface area contributed by atoms with Gasteiger partial charge in [-0.05, 0) is 61.9 Å². The van der Waals surface area contributed by atoms with E-state index in [4.69, 9.17) is 4.74 Å². The Kier molecular flexibility index (Phi) is 8.85. The number of rotatable bonds is 10. The number of pyridine rings is 2. The molecule has 3 heterocycles. The maximum Gasteiger partial charge on any atom is 0.192 e. The van der Waals surface area contributed by atoms with E-state index in [2.05, 4.69) is 27.1 Å². The lowest BCUT2D eigenvalue weighted by Gasteiger charge is -2.15. The molecular formula is C33H28F4N4O. The highest BCUT2D eigenvalue weighted by atomic mass is 19.1. The van der Waals surface area contributed by atoms with Gasteiger partial charge in [0.2, 0.25) is 0 Å². The van der Waals surface area contributed by atoms with Crippen molar-refractivity contribution >= 4 is 0 Å². The van der Waals surface area contributed by atoms with Crippen molar-refractivity contribution in [2.75, 3.05) is 6.61 Å². The van der Waals surface area contributed by atoms with Crippen molar-refractivity contribution in [3.05, 3.63) is 102 Å². The molecular weight excluding hydrogens is 544 g/mol. The summed E-state index contributed by atoms with van der Waals surface area (Å²) in [7, 11) is 0. The first-order chi connectivity index (χ1) is 20.4. The lowest BCUT2D eigenvalue weighted by atomic mass is 9.99. The van der Waals surface area contributed by atoms with Crippen LogP contribution in [0.1, 0.15) is 38.2 Å². The SMILES string of the molecule is CCCCCCOc1c(F)c(-c2ccccn2)cc(-c2ccc(-c3cc(-c4ccccn4)c(F)c(C)c3F)nn2)c1F. The van der Waals surface area contributed by atoms with Gasteiger partial charge < -0.3 is 4.74 Å². The Morgan fingerprint density at radius 1 is 0.595 bits per heavy atom. The lowest BCUT2D eigenvalue weighted by Crippen LogP contribution is -2.05. The summed E-state index contributed by atoms with van der Waals surface area (Å²) in [5.41, 5.74) is 0.740. The molecule has 9 heteroatoms. The van der Waals surface area contributed by atoms with E-state index >= 15 is 13.2 Å². The summed E-state index contributed by atoms with van der Waals surface area (Å²) in [6.45, 7) is 3.55. The highest BCUT2D eigenvalue weighted by Crippen LogP contribution is 2.38. The molecule has 0 N–H and O–H groups in total. The number of aromatic nitrogens is 4. The maximum absolute atomic E-state index is 15.8. The van der Waals surface area contributed by atoms with Crippen LogP contribution in [0, 0.1) is 30.2 Å². The number of halogens is 4. The van der Waals surface area contributed by atoms with E-state index in [1.807, 2.05) is 0 Å². The van der Waals surface area contributed by atoms with Gasteiger partial charge in [-0.15, -0.1) is 10.2 Å². The minimum atomic E-state index is -0.925. The Balaban J connectivity index is 1.55. The third-order valence-electron chi connectivity index (χ3n) is 6.92. The van der Waals surface area contributed by atoms with Crippen molar-refractivity contribution in [1.29, 1.82) is 0 Å². The standard InChI is InChI=1S/C33H28F4N4O/c1-3-4-5-10-17-42-33-31(36)22(26-12-7-9-16-39-26)19-24(32(33)37)28-14-13-27(40-41-28)23-18-21(25-11-6-8-15-38-25)29(34)20(2)30(23)35/h6-9,11-16,18-19H,3-5,10,17H2,1-2H3. The Morgan fingerprint density at radius 3 is 1.57 bits per heavy atom. The second-order valence-electron chi connectivity index (χ2n) is 9.80. The first-order valence-electron chi connectivity index (χ1n) is 13.7. The van der Waals surface area contributed by atoms with Crippen molar-refractivity contribution in [2.24, 2.45) is 0 Å². The fourth-order valence-corrected chi connectivity index (χ4v) is 4.62. The van der Waals surface area contributed by atoms with E-state index in [9.17, 15) is 4.39 Å². The van der Waals surface area contributed by atoms with Gasteiger partial charge in [-0.2, -0.15) is 0 Å². The van der Waals surface area contributed by atoms with Crippen molar-refractivity contribution < 1.29 is 22.3 Å². The number of unbranched alkanes of at least 4 members (excludes halogenated alkanes) is 3. The number of ether oxygens (including phenoxy) is 1. The predicted octanol–water partition coefficient (Wildman–Crippen LogP) is 8.76. The largest absolute Gasteiger partial charge is 0.488 e. The van der Waals surface area contributed by atoms with Crippen LogP contribution >= 0.6 is 0 Å². The zero-order valence-corrected chi connectivity index (χ0v) is 23.2. The van der Waals surface area contributed by atoms with E-state index in [0.717, 1.165) is 19.3 Å². The molecule has 0 unspecified atom stereocenters. The van der Waals surface area contributed by atoms with Gasteiger partial charge >= 0.3 is 0 Å². The molecule has 5 aromatic rings. The Morgan fingerprint density at radius 2 is 1.10 bits per heavy atom. The molecule has 0 aliphatic heterocycles. The third-order valence-corrected chi connectivity index (χ3v) is 6.92. The van der Waals surface area contributed by atoms with Crippen molar-refractivity contribution in [3.63, 3.8) is 0 Å². The van der Waals surface area contributed by atoms with E-state index in [-0.39, 0.29) is 45.8 Å². The van der Waals surface area contributed by atoms with Crippen LogP contribution in [0.5, 0.6) is 5.75 Å². The fraction of sp³-hybridized carbons (Fsp3) is 0.212. The molecule has 0 atom stereocenters. The Bertz CT molecular complexity index is 1680. The number of nitrogens with zero attached hydrogens (tertiary/aromatic N) is 4. The second-order valence-corrected chi connectivity index (χ2v) is 9.80. The quantitative estimate of drug-likeness (QED) is 0.124. The molecule has 0 saturated carbocycles. The number of benzene rings is 2. The van der Waals surface area contributed by atoms with E-state index in [1.165, 1.54) is 43.6 Å². The topological polar surface area (TPSA) is 60.8 Å². The molecule has 0 spiro atoms. The smallest absolute Gasteiger partial charge is 0.192 e. The van der Waals surface area contributed by atoms with Gasteiger partial charge in [0.05, 0.1) is 29.4 Å². The normalized spacial score (nSPS) is 11.1. The van der Waals surface area contributed by atoms with Gasteiger partial charge in [-0.25, -0.2) is 17.6 Å². The first-order valence-corrected chi connectivity index (χ1v) is 13.7. The first kappa shape index (κ1) is 28.9. The Labute approximate surface area is 241 Å². The minimum Gasteiger partial charge on any atom is -0.488 e. The van der Waals surface area contributed by atoms with Gasteiger partial charge in [-0.1, -0.05) is 38.3 Å². The number of hydrogen-bond donors (Lipinski definition) is 0. The van der Waals surface area contributed by atoms with Crippen LogP contribution < -0.4 is 4.74 Å². The lowest BCUT2D eigenvalue weighted by molar-refractivity contribution is 0.276. The van der Waals surface area contributed by atoms with Crippen LogP contribution in [0.25, 0.3) is 45.0 Å². The molecule has 214 valence electrons. The maximum atomic E-state index is 15.8. The van der Waals surface area contributed by atoms with Gasteiger partial charge in [0, 0.05) is 40.2 Å². The fourth-order valence-electron chi connectivity index (χ4n) is 4.62. The van der Waals surface area contributed by atoms with E-state index in [1.54, 1.807) is 36.4 Å². The van der Waals surface area contributed by atoms with Crippen LogP contribution in [-0.2, 0) is 0 Å². The summed E-state index contributed by atoms with van der Waals surface area (Å²) in [5, 5.41) is 8.28. The highest BCUT2D eigenvalue weighted by molar-refractivity contribution is 5.75. The zero-order valence-electron chi connectivity index (χ0n) is 23.2. The molecule has 0 saturated heterocycles. The molecule has 5 rings (SSSR count). The molecule has 0 aliphatic rings. The highest BCUT2D eigenvalue weighted by Gasteiger charge is 2.24. The molecule has 0 amide bonds. The van der Waals surface area contributed by atoms with Crippen LogP contribution in [0.15, 0.2) is 73.1 Å². The minimum absolute atomic E-state index is 0.0125. The summed E-state index contributed by atoms with van der Waals surface area (Å²) in [5.74, 6) is -3.82. The van der Waals surface area contributed by atoms with E-state index < -0.39 is 29.0 Å². The molecule has 5 nitrogen and oxygen atoms in total. The summed E-state index contributed by atoms with van der Waals surface area (Å²) in [4.78, 5) is 8.39. The van der Waals surface area contributed by atoms with Gasteiger partial charge in [-0.3, -0.25) is 9.97 Å². The average molecular weight is 573 g/mol. The van der Waals surface area contributed by atoms with E-state index in [0.29, 0.717) is 17.8 Å². The molecule has 0 bridgehead atoms. The molecule has 42 heavy (non-hydrogen) atoms. The summed E-state index contributed by atoms with van der Waals surface area (Å²) in [6.07, 6.45) is 6.56. The summed E-state index contributed by atoms with van der Waals surface area (Å²) >= 11 is 0. The monoisotopic (exact) mass is 572 g/mol. The van der Waals surface area contributed by atoms with Gasteiger partial charge in [0.25, 0.3) is 0 Å². The van der Waals surface area contributed by atoms with Crippen molar-refractivity contribution in [3.8, 4) is 50.8 Å². The van der Waals surface area contributed by atoms with Crippen molar-refractivity contribution in [1.82, 2.24) is 20.2 Å². The predicted molar refractivity (Wildman–Crippen MR) is 154 cm³/mol. The number of hydrogen-bond acceptors (Lipinski definition) is 5. The average Bonchev–Trinajstić information content (AvgIpc) is 3.02. The van der Waals surface area contributed by atoms with Crippen LogP contribution in [0.4, 0.5) is 17.6 Å². The van der Waals surface area contributed by atoms with Crippen LogP contribution in [-0.4, -0.2) is 26.8 Å². The molecule has 3 aromatic heterocycles. The summed E-state index contributed by atoms with van der Waals surface area (Å²) in [6, 6.07) is 15.6. The van der Waals surface area contributed by atoms with Crippen LogP contribution in [0.2, 0.25) is 0 Å². The zero-order chi connectivity index (χ0) is 29.6. The van der Waals surface area contributed by atoms with Gasteiger partial charge in [0.1, 0.15) is 11.6 Å². The third kappa shape index (κ3) is 5.86. The second kappa shape index (κ2) is 12.9. The summed E-state index contributed by atoms with van der Waals surface area (Å²) < 4.78 is 67.1. The van der Waals surface area contributed by atoms with Crippen molar-refractivity contribution in [2.45, 2.75) is 39.5 Å². The molecule has 0 radical (unpaired) electrons. The Hall–Kier alpha value is -4.66. The molecule has 2 aromatic carbocycles. The molecule has 0 aliphatic carbocycles. The van der Waals surface area contributed by atoms with Gasteiger partial charge in [0.15, 0.2) is 17.4 Å². The molecule has 0 fully saturated rings.